The third-order valence-corrected chi connectivity index (χ3v) is 4.78. The van der Waals surface area contributed by atoms with Crippen LogP contribution in [-0.2, 0) is 11.3 Å². The Bertz CT molecular complexity index is 786. The Hall–Kier alpha value is -2.82. The lowest BCUT2D eigenvalue weighted by Gasteiger charge is -2.18. The molecule has 0 spiro atoms. The Morgan fingerprint density at radius 2 is 1.88 bits per heavy atom. The van der Waals surface area contributed by atoms with Gasteiger partial charge in [0.2, 0.25) is 5.91 Å². The van der Waals surface area contributed by atoms with E-state index in [1.54, 1.807) is 0 Å². The highest BCUT2D eigenvalue weighted by atomic mass is 16.2. The summed E-state index contributed by atoms with van der Waals surface area (Å²) < 4.78 is 0. The van der Waals surface area contributed by atoms with E-state index < -0.39 is 0 Å². The first-order valence-electron chi connectivity index (χ1n) is 9.04. The van der Waals surface area contributed by atoms with E-state index in [0.717, 1.165) is 35.3 Å². The number of anilines is 1. The van der Waals surface area contributed by atoms with Crippen molar-refractivity contribution >= 4 is 17.6 Å². The van der Waals surface area contributed by atoms with Crippen LogP contribution in [0.2, 0.25) is 0 Å². The van der Waals surface area contributed by atoms with Gasteiger partial charge in [0.05, 0.1) is 6.04 Å². The minimum Gasteiger partial charge on any atom is -0.334 e. The monoisotopic (exact) mass is 351 g/mol. The van der Waals surface area contributed by atoms with Crippen molar-refractivity contribution in [3.05, 3.63) is 65.2 Å². The average molecular weight is 351 g/mol. The van der Waals surface area contributed by atoms with Crippen molar-refractivity contribution in [1.82, 2.24) is 10.6 Å². The molecular weight excluding hydrogens is 326 g/mol. The molecule has 3 amide bonds. The topological polar surface area (TPSA) is 61.4 Å². The summed E-state index contributed by atoms with van der Waals surface area (Å²) in [5, 5.41) is 5.85. The van der Waals surface area contributed by atoms with Crippen molar-refractivity contribution in [3.63, 3.8) is 0 Å². The minimum absolute atomic E-state index is 0.0558. The fourth-order valence-electron chi connectivity index (χ4n) is 3.30. The van der Waals surface area contributed by atoms with Gasteiger partial charge in [-0.1, -0.05) is 36.4 Å². The van der Waals surface area contributed by atoms with Crippen LogP contribution in [0.15, 0.2) is 48.5 Å². The fourth-order valence-corrected chi connectivity index (χ4v) is 3.30. The highest BCUT2D eigenvalue weighted by Gasteiger charge is 2.21. The smallest absolute Gasteiger partial charge is 0.315 e. The normalized spacial score (nSPS) is 15.0. The van der Waals surface area contributed by atoms with E-state index in [4.69, 9.17) is 0 Å². The first kappa shape index (κ1) is 18.0. The Balaban J connectivity index is 1.51. The summed E-state index contributed by atoms with van der Waals surface area (Å²) in [5.41, 5.74) is 4.20. The van der Waals surface area contributed by atoms with Crippen molar-refractivity contribution in [2.24, 2.45) is 0 Å². The number of urea groups is 1. The number of benzene rings is 2. The maximum atomic E-state index is 12.2. The number of hydrogen-bond donors (Lipinski definition) is 2. The summed E-state index contributed by atoms with van der Waals surface area (Å²) in [4.78, 5) is 25.7. The average Bonchev–Trinajstić information content (AvgIpc) is 3.06. The van der Waals surface area contributed by atoms with E-state index in [-0.39, 0.29) is 18.0 Å². The zero-order chi connectivity index (χ0) is 18.5. The highest BCUT2D eigenvalue weighted by Crippen LogP contribution is 2.21. The first-order chi connectivity index (χ1) is 12.5. The van der Waals surface area contributed by atoms with Crippen LogP contribution in [0.25, 0.3) is 0 Å². The summed E-state index contributed by atoms with van der Waals surface area (Å²) in [6, 6.07) is 15.6. The molecule has 2 aromatic carbocycles. The lowest BCUT2D eigenvalue weighted by Crippen LogP contribution is -2.36. The molecule has 1 heterocycles. The van der Waals surface area contributed by atoms with Gasteiger partial charge in [-0.2, -0.15) is 0 Å². The van der Waals surface area contributed by atoms with Crippen molar-refractivity contribution in [2.45, 2.75) is 39.3 Å². The highest BCUT2D eigenvalue weighted by molar-refractivity contribution is 5.95. The number of nitrogens with zero attached hydrogens (tertiary/aromatic N) is 1. The summed E-state index contributed by atoms with van der Waals surface area (Å²) in [7, 11) is 0. The molecule has 0 bridgehead atoms. The maximum Gasteiger partial charge on any atom is 0.315 e. The van der Waals surface area contributed by atoms with E-state index in [1.165, 1.54) is 0 Å². The summed E-state index contributed by atoms with van der Waals surface area (Å²) in [6.45, 7) is 5.25. The zero-order valence-corrected chi connectivity index (χ0v) is 15.3. The van der Waals surface area contributed by atoms with Gasteiger partial charge in [-0.25, -0.2) is 4.79 Å². The molecule has 1 aliphatic rings. The minimum atomic E-state index is -0.195. The van der Waals surface area contributed by atoms with Gasteiger partial charge in [0.25, 0.3) is 0 Å². The molecule has 0 unspecified atom stereocenters. The quantitative estimate of drug-likeness (QED) is 0.863. The van der Waals surface area contributed by atoms with E-state index in [1.807, 2.05) is 67.3 Å². The SMILES string of the molecule is Cc1ccccc1[C@@H](C)NC(=O)NCc1ccc(N2CCCC2=O)cc1. The molecule has 5 heteroatoms. The van der Waals surface area contributed by atoms with Gasteiger partial charge in [0, 0.05) is 25.2 Å². The predicted octanol–water partition coefficient (Wildman–Crippen LogP) is 3.68. The van der Waals surface area contributed by atoms with Gasteiger partial charge in [0.1, 0.15) is 0 Å². The fraction of sp³-hybridized carbons (Fsp3) is 0.333. The number of aryl methyl sites for hydroxylation is 1. The molecule has 1 fully saturated rings. The zero-order valence-electron chi connectivity index (χ0n) is 15.3. The van der Waals surface area contributed by atoms with Crippen LogP contribution in [-0.4, -0.2) is 18.5 Å². The standard InChI is InChI=1S/C21H25N3O2/c1-15-6-3-4-7-19(15)16(2)23-21(26)22-14-17-9-11-18(12-10-17)24-13-5-8-20(24)25/h3-4,6-7,9-12,16H,5,8,13-14H2,1-2H3,(H2,22,23,26)/t16-/m1/s1. The second-order valence-electron chi connectivity index (χ2n) is 6.72. The Kier molecular flexibility index (Phi) is 5.56. The van der Waals surface area contributed by atoms with Crippen LogP contribution >= 0.6 is 0 Å². The van der Waals surface area contributed by atoms with Crippen LogP contribution in [0.1, 0.15) is 42.5 Å². The van der Waals surface area contributed by atoms with E-state index >= 15 is 0 Å². The summed E-state index contributed by atoms with van der Waals surface area (Å²) in [5.74, 6) is 0.181. The number of carbonyl (C=O) groups excluding carboxylic acids is 2. The molecule has 5 nitrogen and oxygen atoms in total. The van der Waals surface area contributed by atoms with Crippen LogP contribution in [0.3, 0.4) is 0 Å². The number of rotatable bonds is 5. The molecule has 136 valence electrons. The molecule has 1 aliphatic heterocycles. The van der Waals surface area contributed by atoms with Gasteiger partial charge in [-0.15, -0.1) is 0 Å². The van der Waals surface area contributed by atoms with E-state index in [2.05, 4.69) is 10.6 Å². The molecule has 0 aliphatic carbocycles. The van der Waals surface area contributed by atoms with Crippen molar-refractivity contribution < 1.29 is 9.59 Å². The molecular formula is C21H25N3O2. The van der Waals surface area contributed by atoms with Crippen molar-refractivity contribution in [3.8, 4) is 0 Å². The second-order valence-corrected chi connectivity index (χ2v) is 6.72. The lowest BCUT2D eigenvalue weighted by molar-refractivity contribution is -0.117. The van der Waals surface area contributed by atoms with Gasteiger partial charge >= 0.3 is 6.03 Å². The summed E-state index contributed by atoms with van der Waals surface area (Å²) in [6.07, 6.45) is 1.55. The van der Waals surface area contributed by atoms with E-state index in [0.29, 0.717) is 13.0 Å². The second kappa shape index (κ2) is 8.04. The molecule has 1 saturated heterocycles. The molecule has 0 aromatic heterocycles. The number of carbonyl (C=O) groups is 2. The Labute approximate surface area is 154 Å². The molecule has 26 heavy (non-hydrogen) atoms. The summed E-state index contributed by atoms with van der Waals surface area (Å²) >= 11 is 0. The molecule has 3 rings (SSSR count). The van der Waals surface area contributed by atoms with Gasteiger partial charge in [-0.05, 0) is 49.1 Å². The largest absolute Gasteiger partial charge is 0.334 e. The Morgan fingerprint density at radius 1 is 1.15 bits per heavy atom. The van der Waals surface area contributed by atoms with Crippen molar-refractivity contribution in [1.29, 1.82) is 0 Å². The van der Waals surface area contributed by atoms with Crippen LogP contribution in [0.4, 0.5) is 10.5 Å². The molecule has 2 aromatic rings. The number of amides is 3. The van der Waals surface area contributed by atoms with Gasteiger partial charge < -0.3 is 15.5 Å². The Morgan fingerprint density at radius 3 is 2.54 bits per heavy atom. The predicted molar refractivity (Wildman–Crippen MR) is 103 cm³/mol. The molecule has 0 saturated carbocycles. The van der Waals surface area contributed by atoms with Gasteiger partial charge in [0.15, 0.2) is 0 Å². The van der Waals surface area contributed by atoms with Crippen LogP contribution in [0.5, 0.6) is 0 Å². The van der Waals surface area contributed by atoms with E-state index in [9.17, 15) is 9.59 Å². The molecule has 2 N–H and O–H groups in total. The first-order valence-corrected chi connectivity index (χ1v) is 9.04. The molecule has 0 radical (unpaired) electrons. The lowest BCUT2D eigenvalue weighted by atomic mass is 10.0. The van der Waals surface area contributed by atoms with Gasteiger partial charge in [-0.3, -0.25) is 4.79 Å². The number of hydrogen-bond acceptors (Lipinski definition) is 2. The maximum absolute atomic E-state index is 12.2. The van der Waals surface area contributed by atoms with Crippen molar-refractivity contribution in [2.75, 3.05) is 11.4 Å². The van der Waals surface area contributed by atoms with Crippen LogP contribution in [0, 0.1) is 6.92 Å². The third-order valence-electron chi connectivity index (χ3n) is 4.78. The third kappa shape index (κ3) is 4.23. The number of nitrogens with one attached hydrogen (secondary N) is 2. The van der Waals surface area contributed by atoms with Crippen LogP contribution < -0.4 is 15.5 Å². The molecule has 1 atom stereocenters.